The molecule has 0 saturated heterocycles. The van der Waals surface area contributed by atoms with Gasteiger partial charge >= 0.3 is 0 Å². The number of pyridine rings is 1. The van der Waals surface area contributed by atoms with E-state index in [-0.39, 0.29) is 0 Å². The molecular weight excluding hydrogens is 254 g/mol. The number of rotatable bonds is 4. The van der Waals surface area contributed by atoms with Crippen LogP contribution in [0, 0.1) is 13.8 Å². The van der Waals surface area contributed by atoms with Crippen LogP contribution in [-0.4, -0.2) is 10.1 Å². The highest BCUT2D eigenvalue weighted by atomic mass is 32.2. The molecule has 0 radical (unpaired) electrons. The maximum Gasteiger partial charge on any atom is 0.0957 e. The number of hydrogen-bond acceptors (Lipinski definition) is 3. The second kappa shape index (κ2) is 6.22. The first kappa shape index (κ1) is 14.1. The quantitative estimate of drug-likeness (QED) is 0.902. The molecule has 2 aromatic rings. The normalized spacial score (nSPS) is 12.4. The van der Waals surface area contributed by atoms with E-state index < -0.39 is 6.10 Å². The van der Waals surface area contributed by atoms with Gasteiger partial charge in [0.15, 0.2) is 0 Å². The van der Waals surface area contributed by atoms with Gasteiger partial charge in [0, 0.05) is 16.0 Å². The molecule has 0 saturated carbocycles. The summed E-state index contributed by atoms with van der Waals surface area (Å²) in [6, 6.07) is 10.4. The molecule has 0 amide bonds. The minimum absolute atomic E-state index is 0.458. The molecule has 1 aromatic heterocycles. The topological polar surface area (TPSA) is 33.1 Å². The third kappa shape index (κ3) is 3.58. The van der Waals surface area contributed by atoms with E-state index in [9.17, 15) is 5.11 Å². The standard InChI is InChI=1S/C16H19NOS/c1-4-15(18)14-7-6-13(10-17-14)19-16-8-5-11(2)9-12(16)3/h5-10,15,18H,4H2,1-3H3/t15-/m0/s1. The molecule has 1 heterocycles. The molecule has 0 aliphatic carbocycles. The number of nitrogens with zero attached hydrogens (tertiary/aromatic N) is 1. The summed E-state index contributed by atoms with van der Waals surface area (Å²) in [4.78, 5) is 6.66. The van der Waals surface area contributed by atoms with E-state index in [0.717, 1.165) is 10.6 Å². The SMILES string of the molecule is CC[C@H](O)c1ccc(Sc2ccc(C)cc2C)cn1. The molecule has 1 atom stereocenters. The predicted molar refractivity (Wildman–Crippen MR) is 79.5 cm³/mol. The summed E-state index contributed by atoms with van der Waals surface area (Å²) in [5, 5.41) is 9.72. The van der Waals surface area contributed by atoms with Gasteiger partial charge in [0.2, 0.25) is 0 Å². The van der Waals surface area contributed by atoms with Crippen LogP contribution in [0.2, 0.25) is 0 Å². The van der Waals surface area contributed by atoms with Crippen LogP contribution in [0.3, 0.4) is 0 Å². The molecule has 100 valence electrons. The molecule has 0 aliphatic heterocycles. The van der Waals surface area contributed by atoms with E-state index in [1.54, 1.807) is 11.8 Å². The molecule has 0 bridgehead atoms. The first-order valence-electron chi connectivity index (χ1n) is 6.49. The number of aliphatic hydroxyl groups excluding tert-OH is 1. The summed E-state index contributed by atoms with van der Waals surface area (Å²) in [6.07, 6.45) is 2.06. The summed E-state index contributed by atoms with van der Waals surface area (Å²) in [6.45, 7) is 6.17. The fraction of sp³-hybridized carbons (Fsp3) is 0.312. The molecule has 0 aliphatic rings. The molecule has 2 rings (SSSR count). The van der Waals surface area contributed by atoms with Crippen molar-refractivity contribution >= 4 is 11.8 Å². The van der Waals surface area contributed by atoms with Gasteiger partial charge < -0.3 is 5.11 Å². The minimum atomic E-state index is -0.458. The van der Waals surface area contributed by atoms with Crippen molar-refractivity contribution in [1.29, 1.82) is 0 Å². The largest absolute Gasteiger partial charge is 0.387 e. The van der Waals surface area contributed by atoms with E-state index >= 15 is 0 Å². The van der Waals surface area contributed by atoms with Gasteiger partial charge in [0.25, 0.3) is 0 Å². The van der Waals surface area contributed by atoms with Crippen LogP contribution in [0.15, 0.2) is 46.3 Å². The lowest BCUT2D eigenvalue weighted by Crippen LogP contribution is -1.97. The summed E-state index contributed by atoms with van der Waals surface area (Å²) in [5.74, 6) is 0. The fourth-order valence-electron chi connectivity index (χ4n) is 1.90. The van der Waals surface area contributed by atoms with Crippen molar-refractivity contribution in [2.75, 3.05) is 0 Å². The Hall–Kier alpha value is -1.32. The highest BCUT2D eigenvalue weighted by molar-refractivity contribution is 7.99. The Morgan fingerprint density at radius 3 is 2.58 bits per heavy atom. The van der Waals surface area contributed by atoms with E-state index in [0.29, 0.717) is 6.42 Å². The smallest absolute Gasteiger partial charge is 0.0957 e. The molecule has 2 nitrogen and oxygen atoms in total. The average molecular weight is 273 g/mol. The number of hydrogen-bond donors (Lipinski definition) is 1. The number of benzene rings is 1. The van der Waals surface area contributed by atoms with E-state index in [2.05, 4.69) is 37.0 Å². The first-order valence-corrected chi connectivity index (χ1v) is 7.31. The Labute approximate surface area is 118 Å². The predicted octanol–water partition coefficient (Wildman–Crippen LogP) is 4.29. The minimum Gasteiger partial charge on any atom is -0.387 e. The zero-order chi connectivity index (χ0) is 13.8. The Balaban J connectivity index is 2.15. The van der Waals surface area contributed by atoms with Crippen molar-refractivity contribution in [3.63, 3.8) is 0 Å². The van der Waals surface area contributed by atoms with Gasteiger partial charge in [0.05, 0.1) is 11.8 Å². The van der Waals surface area contributed by atoms with Gasteiger partial charge in [-0.1, -0.05) is 36.4 Å². The molecule has 3 heteroatoms. The molecule has 0 unspecified atom stereocenters. The second-order valence-corrected chi connectivity index (χ2v) is 5.83. The lowest BCUT2D eigenvalue weighted by molar-refractivity contribution is 0.169. The van der Waals surface area contributed by atoms with Gasteiger partial charge in [0.1, 0.15) is 0 Å². The Kier molecular flexibility index (Phi) is 4.61. The van der Waals surface area contributed by atoms with Crippen molar-refractivity contribution < 1.29 is 5.11 Å². The van der Waals surface area contributed by atoms with Gasteiger partial charge in [-0.05, 0) is 44.0 Å². The molecule has 0 spiro atoms. The Morgan fingerprint density at radius 1 is 1.21 bits per heavy atom. The summed E-state index contributed by atoms with van der Waals surface area (Å²) >= 11 is 1.71. The van der Waals surface area contributed by atoms with Crippen molar-refractivity contribution in [3.05, 3.63) is 53.3 Å². The number of aliphatic hydroxyl groups is 1. The van der Waals surface area contributed by atoms with Crippen molar-refractivity contribution in [1.82, 2.24) is 4.98 Å². The van der Waals surface area contributed by atoms with Crippen LogP contribution in [0.25, 0.3) is 0 Å². The van der Waals surface area contributed by atoms with Crippen LogP contribution in [-0.2, 0) is 0 Å². The molecule has 19 heavy (non-hydrogen) atoms. The summed E-state index contributed by atoms with van der Waals surface area (Å²) < 4.78 is 0. The third-order valence-corrected chi connectivity index (χ3v) is 4.20. The van der Waals surface area contributed by atoms with Crippen LogP contribution in [0.5, 0.6) is 0 Å². The zero-order valence-corrected chi connectivity index (χ0v) is 12.4. The van der Waals surface area contributed by atoms with Crippen LogP contribution < -0.4 is 0 Å². The third-order valence-electron chi connectivity index (χ3n) is 3.05. The van der Waals surface area contributed by atoms with Gasteiger partial charge in [-0.3, -0.25) is 4.98 Å². The lowest BCUT2D eigenvalue weighted by atomic mass is 10.2. The highest BCUT2D eigenvalue weighted by Crippen LogP contribution is 2.30. The maximum atomic E-state index is 9.72. The molecule has 1 aromatic carbocycles. The molecule has 1 N–H and O–H groups in total. The van der Waals surface area contributed by atoms with Gasteiger partial charge in [-0.2, -0.15) is 0 Å². The van der Waals surface area contributed by atoms with E-state index in [1.165, 1.54) is 16.0 Å². The number of aryl methyl sites for hydroxylation is 2. The van der Waals surface area contributed by atoms with Gasteiger partial charge in [-0.25, -0.2) is 0 Å². The van der Waals surface area contributed by atoms with Crippen LogP contribution >= 0.6 is 11.8 Å². The van der Waals surface area contributed by atoms with Crippen LogP contribution in [0.1, 0.15) is 36.3 Å². The van der Waals surface area contributed by atoms with Gasteiger partial charge in [-0.15, -0.1) is 0 Å². The maximum absolute atomic E-state index is 9.72. The lowest BCUT2D eigenvalue weighted by Gasteiger charge is -2.09. The fourth-order valence-corrected chi connectivity index (χ4v) is 2.75. The zero-order valence-electron chi connectivity index (χ0n) is 11.6. The summed E-state index contributed by atoms with van der Waals surface area (Å²) in [7, 11) is 0. The van der Waals surface area contributed by atoms with Crippen molar-refractivity contribution in [2.45, 2.75) is 43.1 Å². The van der Waals surface area contributed by atoms with E-state index in [4.69, 9.17) is 0 Å². The number of aromatic nitrogens is 1. The van der Waals surface area contributed by atoms with Crippen molar-refractivity contribution in [2.24, 2.45) is 0 Å². The highest BCUT2D eigenvalue weighted by Gasteiger charge is 2.07. The Bertz CT molecular complexity index is 551. The van der Waals surface area contributed by atoms with Crippen LogP contribution in [0.4, 0.5) is 0 Å². The first-order chi connectivity index (χ1) is 9.10. The summed E-state index contributed by atoms with van der Waals surface area (Å²) in [5.41, 5.74) is 3.30. The van der Waals surface area contributed by atoms with Crippen molar-refractivity contribution in [3.8, 4) is 0 Å². The second-order valence-electron chi connectivity index (χ2n) is 4.71. The molecule has 0 fully saturated rings. The Morgan fingerprint density at radius 2 is 2.00 bits per heavy atom. The average Bonchev–Trinajstić information content (AvgIpc) is 2.42. The monoisotopic (exact) mass is 273 g/mol. The van der Waals surface area contributed by atoms with E-state index in [1.807, 2.05) is 25.3 Å². The molecular formula is C16H19NOS.